The van der Waals surface area contributed by atoms with Gasteiger partial charge in [0.25, 0.3) is 0 Å². The van der Waals surface area contributed by atoms with Gasteiger partial charge in [-0.3, -0.25) is 0 Å². The van der Waals surface area contributed by atoms with Gasteiger partial charge in [0.15, 0.2) is 5.89 Å². The van der Waals surface area contributed by atoms with Crippen molar-refractivity contribution >= 4 is 10.9 Å². The Balaban J connectivity index is 1.19. The predicted molar refractivity (Wildman–Crippen MR) is 145 cm³/mol. The molecule has 37 heavy (non-hydrogen) atoms. The van der Waals surface area contributed by atoms with Gasteiger partial charge in [-0.1, -0.05) is 32.4 Å². The van der Waals surface area contributed by atoms with E-state index in [1.165, 1.54) is 25.7 Å². The molecule has 0 radical (unpaired) electrons. The number of rotatable bonds is 4. The SMILES string of the molecule is Cc1ccc2nc(CC[C@@H](C)[C@H]3CC[C@H]4[C@@H]5CC[C@@H]6C[C@H](O)CC[C@]6(C)C5C[C@H](O)[C@]34C)oc(=O)c2c1. The molecule has 10 atom stereocenters. The van der Waals surface area contributed by atoms with Gasteiger partial charge >= 0.3 is 5.63 Å². The topological polar surface area (TPSA) is 83.6 Å². The first-order chi connectivity index (χ1) is 17.6. The van der Waals surface area contributed by atoms with Gasteiger partial charge in [0.05, 0.1) is 23.1 Å². The summed E-state index contributed by atoms with van der Waals surface area (Å²) in [6, 6.07) is 5.75. The quantitative estimate of drug-likeness (QED) is 0.526. The lowest BCUT2D eigenvalue weighted by molar-refractivity contribution is -0.174. The number of aryl methyl sites for hydroxylation is 2. The molecular formula is C32H45NO4. The van der Waals surface area contributed by atoms with Gasteiger partial charge in [-0.15, -0.1) is 0 Å². The summed E-state index contributed by atoms with van der Waals surface area (Å²) in [5.41, 5.74) is 1.67. The van der Waals surface area contributed by atoms with Crippen molar-refractivity contribution in [2.75, 3.05) is 0 Å². The number of aliphatic hydroxyl groups is 2. The van der Waals surface area contributed by atoms with E-state index < -0.39 is 0 Å². The van der Waals surface area contributed by atoms with Crippen molar-refractivity contribution in [1.82, 2.24) is 4.98 Å². The van der Waals surface area contributed by atoms with Crippen LogP contribution in [0.1, 0.15) is 90.0 Å². The number of aliphatic hydroxyl groups excluding tert-OH is 2. The summed E-state index contributed by atoms with van der Waals surface area (Å²) in [7, 11) is 0. The summed E-state index contributed by atoms with van der Waals surface area (Å²) in [6.45, 7) is 9.18. The first kappa shape index (κ1) is 25.6. The molecule has 5 heteroatoms. The summed E-state index contributed by atoms with van der Waals surface area (Å²) in [6.07, 6.45) is 9.98. The molecule has 2 aromatic rings. The first-order valence-corrected chi connectivity index (χ1v) is 14.9. The third-order valence-electron chi connectivity index (χ3n) is 12.1. The molecule has 4 fully saturated rings. The molecule has 0 saturated heterocycles. The normalized spacial score (nSPS) is 42.2. The van der Waals surface area contributed by atoms with Crippen molar-refractivity contribution in [3.8, 4) is 0 Å². The summed E-state index contributed by atoms with van der Waals surface area (Å²) in [5.74, 6) is 3.91. The van der Waals surface area contributed by atoms with Crippen LogP contribution in [-0.2, 0) is 6.42 Å². The maximum Gasteiger partial charge on any atom is 0.346 e. The fourth-order valence-electron chi connectivity index (χ4n) is 10.0. The molecule has 2 N–H and O–H groups in total. The number of hydrogen-bond donors (Lipinski definition) is 2. The number of aromatic nitrogens is 1. The Morgan fingerprint density at radius 1 is 1.08 bits per heavy atom. The zero-order valence-electron chi connectivity index (χ0n) is 23.1. The lowest BCUT2D eigenvalue weighted by Crippen LogP contribution is -2.58. The summed E-state index contributed by atoms with van der Waals surface area (Å²) >= 11 is 0. The maximum atomic E-state index is 12.6. The highest BCUT2D eigenvalue weighted by molar-refractivity contribution is 5.77. The largest absolute Gasteiger partial charge is 0.408 e. The van der Waals surface area contributed by atoms with Gasteiger partial charge in [-0.2, -0.15) is 0 Å². The minimum Gasteiger partial charge on any atom is -0.408 e. The molecule has 0 spiro atoms. The smallest absolute Gasteiger partial charge is 0.346 e. The number of nitrogens with zero attached hydrogens (tertiary/aromatic N) is 1. The average Bonchev–Trinajstić information content (AvgIpc) is 3.23. The van der Waals surface area contributed by atoms with E-state index in [4.69, 9.17) is 4.42 Å². The molecule has 1 aromatic carbocycles. The van der Waals surface area contributed by atoms with Crippen LogP contribution in [0, 0.1) is 53.3 Å². The molecule has 202 valence electrons. The lowest BCUT2D eigenvalue weighted by Gasteiger charge is -2.62. The van der Waals surface area contributed by atoms with Crippen LogP contribution in [0.2, 0.25) is 0 Å². The molecule has 1 unspecified atom stereocenters. The highest BCUT2D eigenvalue weighted by Gasteiger charge is 2.63. The Labute approximate surface area is 221 Å². The molecule has 1 heterocycles. The van der Waals surface area contributed by atoms with E-state index in [0.717, 1.165) is 37.7 Å². The van der Waals surface area contributed by atoms with E-state index in [0.29, 0.717) is 58.7 Å². The van der Waals surface area contributed by atoms with E-state index >= 15 is 0 Å². The maximum absolute atomic E-state index is 12.6. The second kappa shape index (κ2) is 9.19. The fraction of sp³-hybridized carbons (Fsp3) is 0.750. The molecular weight excluding hydrogens is 462 g/mol. The molecule has 4 aliphatic carbocycles. The minimum atomic E-state index is -0.294. The zero-order valence-corrected chi connectivity index (χ0v) is 23.1. The van der Waals surface area contributed by atoms with Gasteiger partial charge < -0.3 is 14.6 Å². The van der Waals surface area contributed by atoms with Crippen LogP contribution in [-0.4, -0.2) is 27.4 Å². The van der Waals surface area contributed by atoms with E-state index in [2.05, 4.69) is 25.8 Å². The standard InChI is InChI=1S/C32H45NO4/c1-18-5-11-27-23(15-18)30(36)37-29(33-27)12-6-19(2)24-9-10-25-22-8-7-20-16-21(34)13-14-31(20,3)26(22)17-28(35)32(24,25)4/h5,11,15,19-22,24-26,28,34-35H,6-10,12-14,16-17H2,1-4H3/t19-,20-,21-,22+,24-,25+,26?,28+,31+,32-/m1/s1. The third-order valence-corrected chi connectivity index (χ3v) is 12.1. The second-order valence-electron chi connectivity index (χ2n) is 13.8. The third kappa shape index (κ3) is 4.02. The molecule has 0 amide bonds. The van der Waals surface area contributed by atoms with Gasteiger partial charge in [-0.25, -0.2) is 9.78 Å². The number of fused-ring (bicyclic) bond motifs is 6. The van der Waals surface area contributed by atoms with Gasteiger partial charge in [0.2, 0.25) is 0 Å². The Bertz CT molecular complexity index is 1220. The van der Waals surface area contributed by atoms with E-state index in [-0.39, 0.29) is 28.7 Å². The van der Waals surface area contributed by atoms with Crippen molar-refractivity contribution in [2.45, 2.75) is 104 Å². The summed E-state index contributed by atoms with van der Waals surface area (Å²) in [4.78, 5) is 17.2. The Kier molecular flexibility index (Phi) is 6.35. The molecule has 1 aromatic heterocycles. The van der Waals surface area contributed by atoms with Crippen LogP contribution in [0.4, 0.5) is 0 Å². The van der Waals surface area contributed by atoms with Crippen LogP contribution in [0.15, 0.2) is 27.4 Å². The van der Waals surface area contributed by atoms with Crippen LogP contribution in [0.3, 0.4) is 0 Å². The van der Waals surface area contributed by atoms with Crippen LogP contribution >= 0.6 is 0 Å². The molecule has 0 aliphatic heterocycles. The van der Waals surface area contributed by atoms with E-state index in [1.54, 1.807) is 0 Å². The first-order valence-electron chi connectivity index (χ1n) is 14.9. The van der Waals surface area contributed by atoms with E-state index in [9.17, 15) is 15.0 Å². The predicted octanol–water partition coefficient (Wildman–Crippen LogP) is 6.06. The molecule has 0 bridgehead atoms. The lowest BCUT2D eigenvalue weighted by atomic mass is 9.43. The van der Waals surface area contributed by atoms with Crippen LogP contribution < -0.4 is 5.63 Å². The van der Waals surface area contributed by atoms with Crippen LogP contribution in [0.5, 0.6) is 0 Å². The molecule has 4 saturated carbocycles. The summed E-state index contributed by atoms with van der Waals surface area (Å²) in [5, 5.41) is 22.7. The Morgan fingerprint density at radius 3 is 2.70 bits per heavy atom. The van der Waals surface area contributed by atoms with Crippen LogP contribution in [0.25, 0.3) is 10.9 Å². The second-order valence-corrected chi connectivity index (χ2v) is 13.8. The van der Waals surface area contributed by atoms with Crippen molar-refractivity contribution in [2.24, 2.45) is 46.3 Å². The monoisotopic (exact) mass is 507 g/mol. The van der Waals surface area contributed by atoms with Crippen molar-refractivity contribution < 1.29 is 14.6 Å². The minimum absolute atomic E-state index is 0.0485. The average molecular weight is 508 g/mol. The highest BCUT2D eigenvalue weighted by atomic mass is 16.4. The summed E-state index contributed by atoms with van der Waals surface area (Å²) < 4.78 is 5.62. The van der Waals surface area contributed by atoms with Gasteiger partial charge in [0, 0.05) is 6.42 Å². The number of benzene rings is 1. The molecule has 4 aliphatic rings. The van der Waals surface area contributed by atoms with Gasteiger partial charge in [0.1, 0.15) is 0 Å². The van der Waals surface area contributed by atoms with Crippen molar-refractivity contribution in [1.29, 1.82) is 0 Å². The van der Waals surface area contributed by atoms with Crippen molar-refractivity contribution in [3.63, 3.8) is 0 Å². The van der Waals surface area contributed by atoms with Crippen molar-refractivity contribution in [3.05, 3.63) is 40.1 Å². The Morgan fingerprint density at radius 2 is 1.89 bits per heavy atom. The number of hydrogen-bond acceptors (Lipinski definition) is 5. The Hall–Kier alpha value is -1.72. The molecule has 5 nitrogen and oxygen atoms in total. The fourth-order valence-corrected chi connectivity index (χ4v) is 10.0. The zero-order chi connectivity index (χ0) is 26.1. The highest BCUT2D eigenvalue weighted by Crippen LogP contribution is 2.68. The van der Waals surface area contributed by atoms with Gasteiger partial charge in [-0.05, 0) is 123 Å². The van der Waals surface area contributed by atoms with E-state index in [1.807, 2.05) is 25.1 Å². The molecule has 6 rings (SSSR count).